The van der Waals surface area contributed by atoms with Crippen molar-refractivity contribution in [3.63, 3.8) is 0 Å². The molecule has 6 rings (SSSR count). The van der Waals surface area contributed by atoms with Crippen molar-refractivity contribution in [2.45, 2.75) is 127 Å². The molecule has 2 heterocycles. The van der Waals surface area contributed by atoms with Crippen molar-refractivity contribution < 1.29 is 39.4 Å². The van der Waals surface area contributed by atoms with E-state index in [-0.39, 0.29) is 34.7 Å². The van der Waals surface area contributed by atoms with Crippen molar-refractivity contribution in [3.8, 4) is 0 Å². The third-order valence-electron chi connectivity index (χ3n) is 12.4. The van der Waals surface area contributed by atoms with Crippen molar-refractivity contribution in [2.24, 2.45) is 34.5 Å². The zero-order chi connectivity index (χ0) is 27.3. The fourth-order valence-electron chi connectivity index (χ4n) is 10.2. The molecule has 2 aliphatic heterocycles. The highest BCUT2D eigenvalue weighted by Crippen LogP contribution is 2.70. The second-order valence-electron chi connectivity index (χ2n) is 14.1. The molecule has 214 valence electrons. The van der Waals surface area contributed by atoms with Crippen molar-refractivity contribution in [1.82, 2.24) is 0 Å². The minimum absolute atomic E-state index is 0.0986. The molecule has 4 aliphatic carbocycles. The third kappa shape index (κ3) is 3.73. The molecule has 0 amide bonds. The molecule has 0 bridgehead atoms. The number of ether oxygens (including phenoxy) is 3. The number of cyclic esters (lactones) is 1. The zero-order valence-corrected chi connectivity index (χ0v) is 23.3. The average Bonchev–Trinajstić information content (AvgIpc) is 3.41. The Hall–Kier alpha value is -1.03. The molecule has 4 saturated carbocycles. The maximum absolute atomic E-state index is 12.4. The van der Waals surface area contributed by atoms with E-state index in [9.17, 15) is 25.2 Å². The lowest BCUT2D eigenvalue weighted by atomic mass is 9.43. The van der Waals surface area contributed by atoms with Crippen LogP contribution in [0.15, 0.2) is 11.6 Å². The monoisotopic (exact) mass is 534 g/mol. The Morgan fingerprint density at radius 2 is 1.71 bits per heavy atom. The fraction of sp³-hybridized carbons (Fsp3) is 0.900. The Morgan fingerprint density at radius 3 is 2.42 bits per heavy atom. The second-order valence-corrected chi connectivity index (χ2v) is 14.1. The van der Waals surface area contributed by atoms with Crippen LogP contribution in [-0.2, 0) is 19.0 Å². The van der Waals surface area contributed by atoms with E-state index in [0.717, 1.165) is 63.4 Å². The van der Waals surface area contributed by atoms with Crippen LogP contribution in [0.5, 0.6) is 0 Å². The van der Waals surface area contributed by atoms with Gasteiger partial charge in [-0.2, -0.15) is 0 Å². The lowest BCUT2D eigenvalue weighted by Gasteiger charge is -2.64. The summed E-state index contributed by atoms with van der Waals surface area (Å²) < 4.78 is 17.5. The molecular formula is C30H46O8. The molecule has 0 aromatic rings. The average molecular weight is 535 g/mol. The van der Waals surface area contributed by atoms with Gasteiger partial charge in [-0.3, -0.25) is 0 Å². The number of rotatable bonds is 3. The van der Waals surface area contributed by atoms with Crippen LogP contribution in [0.4, 0.5) is 0 Å². The first kappa shape index (κ1) is 27.2. The van der Waals surface area contributed by atoms with E-state index in [4.69, 9.17) is 14.2 Å². The Balaban J connectivity index is 1.18. The van der Waals surface area contributed by atoms with Crippen LogP contribution in [0.25, 0.3) is 0 Å². The molecule has 0 aromatic heterocycles. The first-order valence-corrected chi connectivity index (χ1v) is 14.8. The van der Waals surface area contributed by atoms with E-state index in [2.05, 4.69) is 13.8 Å². The van der Waals surface area contributed by atoms with Crippen LogP contribution in [0.2, 0.25) is 0 Å². The number of fused-ring (bicyclic) bond motifs is 5. The molecule has 4 N–H and O–H groups in total. The molecular weight excluding hydrogens is 488 g/mol. The molecule has 38 heavy (non-hydrogen) atoms. The smallest absolute Gasteiger partial charge is 0.331 e. The first-order chi connectivity index (χ1) is 17.8. The van der Waals surface area contributed by atoms with Gasteiger partial charge in [0.2, 0.25) is 0 Å². The van der Waals surface area contributed by atoms with Gasteiger partial charge in [-0.25, -0.2) is 4.79 Å². The van der Waals surface area contributed by atoms with Gasteiger partial charge < -0.3 is 34.6 Å². The van der Waals surface area contributed by atoms with E-state index in [1.165, 1.54) is 0 Å². The Kier molecular flexibility index (Phi) is 6.42. The van der Waals surface area contributed by atoms with Gasteiger partial charge in [0.15, 0.2) is 5.79 Å². The molecule has 0 unspecified atom stereocenters. The quantitative estimate of drug-likeness (QED) is 0.322. The highest BCUT2D eigenvalue weighted by atomic mass is 16.7. The summed E-state index contributed by atoms with van der Waals surface area (Å²) in [7, 11) is 0. The van der Waals surface area contributed by atoms with E-state index in [1.807, 2.05) is 0 Å². The Morgan fingerprint density at radius 1 is 0.947 bits per heavy atom. The van der Waals surface area contributed by atoms with Crippen LogP contribution in [0.3, 0.4) is 0 Å². The predicted molar refractivity (Wildman–Crippen MR) is 138 cm³/mol. The number of aliphatic hydroxyl groups excluding tert-OH is 3. The van der Waals surface area contributed by atoms with E-state index in [1.54, 1.807) is 19.9 Å². The maximum atomic E-state index is 12.4. The normalized spacial score (nSPS) is 56.5. The second kappa shape index (κ2) is 8.98. The largest absolute Gasteiger partial charge is 0.458 e. The lowest BCUT2D eigenvalue weighted by Crippen LogP contribution is -2.65. The number of hydrogen-bond acceptors (Lipinski definition) is 8. The van der Waals surface area contributed by atoms with Crippen molar-refractivity contribution >= 4 is 5.97 Å². The highest BCUT2D eigenvalue weighted by molar-refractivity contribution is 5.85. The molecule has 1 saturated heterocycles. The van der Waals surface area contributed by atoms with Gasteiger partial charge in [0.1, 0.15) is 24.9 Å². The van der Waals surface area contributed by atoms with E-state index < -0.39 is 35.8 Å². The molecule has 8 nitrogen and oxygen atoms in total. The van der Waals surface area contributed by atoms with Crippen LogP contribution in [0.1, 0.15) is 85.5 Å². The van der Waals surface area contributed by atoms with Gasteiger partial charge in [0.05, 0.1) is 17.8 Å². The Labute approximate surface area is 225 Å². The number of carbonyl (C=O) groups is 1. The van der Waals surface area contributed by atoms with Crippen LogP contribution < -0.4 is 0 Å². The molecule has 8 heteroatoms. The summed E-state index contributed by atoms with van der Waals surface area (Å²) in [4.78, 5) is 11.8. The SMILES string of the molecule is C[C@@H]1O[C@@](C)(O[C@H]2CC[C@@]3(C)[C@H](CC[C@@H]4[C@@H]3CC[C@]3(C)[C@@H](C5=CC(=O)OC5)CC[C@]43O)C2)[C@H](O)[C@H](O)[C@H]1O. The van der Waals surface area contributed by atoms with Crippen LogP contribution >= 0.6 is 0 Å². The van der Waals surface area contributed by atoms with Crippen molar-refractivity contribution in [2.75, 3.05) is 6.61 Å². The topological polar surface area (TPSA) is 126 Å². The molecule has 5 fully saturated rings. The number of esters is 1. The van der Waals surface area contributed by atoms with E-state index >= 15 is 0 Å². The van der Waals surface area contributed by atoms with Crippen molar-refractivity contribution in [3.05, 3.63) is 11.6 Å². The fourth-order valence-corrected chi connectivity index (χ4v) is 10.2. The Bertz CT molecular complexity index is 999. The van der Waals surface area contributed by atoms with Crippen LogP contribution in [-0.4, -0.2) is 74.9 Å². The molecule has 13 atom stereocenters. The molecule has 6 aliphatic rings. The third-order valence-corrected chi connectivity index (χ3v) is 12.4. The van der Waals surface area contributed by atoms with Gasteiger partial charge >= 0.3 is 5.97 Å². The standard InChI is InChI=1S/C30H46O8/c1-16-24(32)25(33)26(34)29(4,37-16)38-19-7-10-27(2)18(14-19)5-6-22-21(27)8-11-28(3)20(9-12-30(22,28)35)17-13-23(31)36-15-17/h13,16,18-22,24-26,32-35H,5-12,14-15H2,1-4H3/t16-,18+,19-,20+,21-,22+,24-,25+,26+,27-,28+,29-,30-/m0/s1. The summed E-state index contributed by atoms with van der Waals surface area (Å²) in [5.74, 6) is -0.267. The van der Waals surface area contributed by atoms with Crippen LogP contribution in [0, 0.1) is 34.5 Å². The van der Waals surface area contributed by atoms with Gasteiger partial charge in [-0.15, -0.1) is 0 Å². The van der Waals surface area contributed by atoms with Gasteiger partial charge in [0.25, 0.3) is 0 Å². The maximum Gasteiger partial charge on any atom is 0.331 e. The van der Waals surface area contributed by atoms with Gasteiger partial charge in [-0.05, 0) is 106 Å². The minimum atomic E-state index is -1.37. The van der Waals surface area contributed by atoms with Crippen molar-refractivity contribution in [1.29, 1.82) is 0 Å². The first-order valence-electron chi connectivity index (χ1n) is 14.8. The molecule has 0 radical (unpaired) electrons. The molecule has 0 aromatic carbocycles. The summed E-state index contributed by atoms with van der Waals surface area (Å²) in [6.07, 6.45) is 5.58. The number of hydrogen-bond donors (Lipinski definition) is 4. The summed E-state index contributed by atoms with van der Waals surface area (Å²) >= 11 is 0. The number of aliphatic hydroxyl groups is 4. The summed E-state index contributed by atoms with van der Waals surface area (Å²) in [5.41, 5.74) is 0.217. The summed E-state index contributed by atoms with van der Waals surface area (Å²) in [5, 5.41) is 43.6. The molecule has 0 spiro atoms. The summed E-state index contributed by atoms with van der Waals surface area (Å²) in [6.45, 7) is 8.40. The minimum Gasteiger partial charge on any atom is -0.458 e. The van der Waals surface area contributed by atoms with E-state index in [0.29, 0.717) is 18.4 Å². The highest BCUT2D eigenvalue weighted by Gasteiger charge is 2.68. The predicted octanol–water partition coefficient (Wildman–Crippen LogP) is 2.85. The van der Waals surface area contributed by atoms with Gasteiger partial charge in [0, 0.05) is 11.5 Å². The van der Waals surface area contributed by atoms with Gasteiger partial charge in [-0.1, -0.05) is 13.8 Å². The zero-order valence-electron chi connectivity index (χ0n) is 23.3. The number of carbonyl (C=O) groups excluding carboxylic acids is 1. The summed E-state index contributed by atoms with van der Waals surface area (Å²) in [6, 6.07) is 0. The lowest BCUT2D eigenvalue weighted by molar-refractivity contribution is -0.366.